The Hall–Kier alpha value is -1.69. The van der Waals surface area contributed by atoms with Crippen LogP contribution in [0.4, 0.5) is 0 Å². The summed E-state index contributed by atoms with van der Waals surface area (Å²) in [7, 11) is 0. The Labute approximate surface area is 137 Å². The number of hydrogen-bond acceptors (Lipinski definition) is 3. The number of carboxylic acid groups (broad SMARTS) is 1. The van der Waals surface area contributed by atoms with Crippen molar-refractivity contribution in [1.29, 1.82) is 0 Å². The summed E-state index contributed by atoms with van der Waals surface area (Å²) in [5.74, 6) is -0.951. The molecule has 0 radical (unpaired) electrons. The van der Waals surface area contributed by atoms with Gasteiger partial charge in [0.1, 0.15) is 0 Å². The lowest BCUT2D eigenvalue weighted by atomic mass is 10.1. The SMILES string of the molecule is Cc1ccc(C(CO)NCc2ccc(C(=O)O)cc2Br)cc1. The van der Waals surface area contributed by atoms with Crippen LogP contribution in [0, 0.1) is 6.92 Å². The molecule has 0 bridgehead atoms. The van der Waals surface area contributed by atoms with Crippen molar-refractivity contribution in [2.24, 2.45) is 0 Å². The predicted molar refractivity (Wildman–Crippen MR) is 88.9 cm³/mol. The van der Waals surface area contributed by atoms with E-state index in [1.807, 2.05) is 31.2 Å². The lowest BCUT2D eigenvalue weighted by Crippen LogP contribution is -2.24. The summed E-state index contributed by atoms with van der Waals surface area (Å²) in [6.45, 7) is 2.54. The number of nitrogens with one attached hydrogen (secondary N) is 1. The molecule has 0 aliphatic heterocycles. The van der Waals surface area contributed by atoms with Gasteiger partial charge in [0.15, 0.2) is 0 Å². The molecule has 1 atom stereocenters. The quantitative estimate of drug-likeness (QED) is 0.736. The van der Waals surface area contributed by atoms with Gasteiger partial charge in [-0.25, -0.2) is 4.79 Å². The maximum absolute atomic E-state index is 10.9. The van der Waals surface area contributed by atoms with Gasteiger partial charge in [0.2, 0.25) is 0 Å². The highest BCUT2D eigenvalue weighted by atomic mass is 79.9. The van der Waals surface area contributed by atoms with Gasteiger partial charge in [-0.3, -0.25) is 0 Å². The Bertz CT molecular complexity index is 655. The molecule has 2 rings (SSSR count). The largest absolute Gasteiger partial charge is 0.478 e. The topological polar surface area (TPSA) is 69.6 Å². The fraction of sp³-hybridized carbons (Fsp3) is 0.235. The first-order chi connectivity index (χ1) is 10.5. The van der Waals surface area contributed by atoms with Gasteiger partial charge in [-0.2, -0.15) is 0 Å². The van der Waals surface area contributed by atoms with Crippen molar-refractivity contribution in [3.63, 3.8) is 0 Å². The highest BCUT2D eigenvalue weighted by Crippen LogP contribution is 2.20. The second-order valence-corrected chi connectivity index (χ2v) is 5.99. The average molecular weight is 364 g/mol. The lowest BCUT2D eigenvalue weighted by Gasteiger charge is -2.17. The minimum atomic E-state index is -0.951. The highest BCUT2D eigenvalue weighted by molar-refractivity contribution is 9.10. The van der Waals surface area contributed by atoms with Gasteiger partial charge in [-0.1, -0.05) is 51.8 Å². The van der Waals surface area contributed by atoms with Crippen molar-refractivity contribution >= 4 is 21.9 Å². The number of aliphatic hydroxyl groups excluding tert-OH is 1. The van der Waals surface area contributed by atoms with E-state index in [9.17, 15) is 9.90 Å². The normalized spacial score (nSPS) is 12.1. The zero-order valence-electron chi connectivity index (χ0n) is 12.2. The molecule has 0 aliphatic carbocycles. The molecular weight excluding hydrogens is 346 g/mol. The standard InChI is InChI=1S/C17H18BrNO3/c1-11-2-4-12(5-3-11)16(10-20)19-9-14-7-6-13(17(21)22)8-15(14)18/h2-8,16,19-20H,9-10H2,1H3,(H,21,22). The molecule has 0 saturated carbocycles. The number of halogens is 1. The molecule has 0 aromatic heterocycles. The third-order valence-corrected chi connectivity index (χ3v) is 4.24. The zero-order chi connectivity index (χ0) is 16.1. The van der Waals surface area contributed by atoms with E-state index in [4.69, 9.17) is 5.11 Å². The number of rotatable bonds is 6. The summed E-state index contributed by atoms with van der Waals surface area (Å²) >= 11 is 3.39. The lowest BCUT2D eigenvalue weighted by molar-refractivity contribution is 0.0697. The summed E-state index contributed by atoms with van der Waals surface area (Å²) in [4.78, 5) is 10.9. The summed E-state index contributed by atoms with van der Waals surface area (Å²) in [5.41, 5.74) is 3.38. The molecule has 5 heteroatoms. The van der Waals surface area contributed by atoms with E-state index in [-0.39, 0.29) is 18.2 Å². The summed E-state index contributed by atoms with van der Waals surface area (Å²) in [6.07, 6.45) is 0. The molecule has 0 heterocycles. The molecule has 0 saturated heterocycles. The van der Waals surface area contributed by atoms with Gasteiger partial charge in [-0.15, -0.1) is 0 Å². The van der Waals surface area contributed by atoms with Crippen LogP contribution in [0.25, 0.3) is 0 Å². The highest BCUT2D eigenvalue weighted by Gasteiger charge is 2.11. The predicted octanol–water partition coefficient (Wildman–Crippen LogP) is 3.28. The van der Waals surface area contributed by atoms with Crippen LogP contribution in [-0.2, 0) is 6.54 Å². The van der Waals surface area contributed by atoms with E-state index >= 15 is 0 Å². The van der Waals surface area contributed by atoms with Crippen LogP contribution in [0.3, 0.4) is 0 Å². The third-order valence-electron chi connectivity index (χ3n) is 3.50. The van der Waals surface area contributed by atoms with E-state index in [1.54, 1.807) is 18.2 Å². The second kappa shape index (κ2) is 7.54. The second-order valence-electron chi connectivity index (χ2n) is 5.14. The molecule has 4 nitrogen and oxygen atoms in total. The monoisotopic (exact) mass is 363 g/mol. The average Bonchev–Trinajstić information content (AvgIpc) is 2.50. The number of aryl methyl sites for hydroxylation is 1. The van der Waals surface area contributed by atoms with Gasteiger partial charge in [0.25, 0.3) is 0 Å². The summed E-state index contributed by atoms with van der Waals surface area (Å²) < 4.78 is 0.737. The molecule has 2 aromatic carbocycles. The molecule has 0 amide bonds. The fourth-order valence-electron chi connectivity index (χ4n) is 2.14. The van der Waals surface area contributed by atoms with Crippen molar-refractivity contribution in [2.75, 3.05) is 6.61 Å². The number of hydrogen-bond donors (Lipinski definition) is 3. The van der Waals surface area contributed by atoms with Gasteiger partial charge in [0, 0.05) is 11.0 Å². The van der Waals surface area contributed by atoms with Crippen molar-refractivity contribution in [3.8, 4) is 0 Å². The van der Waals surface area contributed by atoms with E-state index in [2.05, 4.69) is 21.2 Å². The molecule has 2 aromatic rings. The number of benzene rings is 2. The van der Waals surface area contributed by atoms with Crippen molar-refractivity contribution in [2.45, 2.75) is 19.5 Å². The maximum Gasteiger partial charge on any atom is 0.335 e. The third kappa shape index (κ3) is 4.16. The number of carboxylic acids is 1. The molecule has 116 valence electrons. The van der Waals surface area contributed by atoms with E-state index in [1.165, 1.54) is 5.56 Å². The van der Waals surface area contributed by atoms with Crippen LogP contribution in [0.15, 0.2) is 46.9 Å². The molecule has 0 spiro atoms. The van der Waals surface area contributed by atoms with Crippen LogP contribution in [-0.4, -0.2) is 22.8 Å². The first-order valence-corrected chi connectivity index (χ1v) is 7.73. The molecule has 0 aliphatic rings. The molecular formula is C17H18BrNO3. The van der Waals surface area contributed by atoms with Crippen LogP contribution in [0.1, 0.15) is 33.1 Å². The number of carbonyl (C=O) groups is 1. The summed E-state index contributed by atoms with van der Waals surface area (Å²) in [6, 6.07) is 12.8. The fourth-order valence-corrected chi connectivity index (χ4v) is 2.66. The minimum Gasteiger partial charge on any atom is -0.478 e. The van der Waals surface area contributed by atoms with Crippen LogP contribution in [0.5, 0.6) is 0 Å². The first kappa shape index (κ1) is 16.7. The Morgan fingerprint density at radius 3 is 2.45 bits per heavy atom. The number of aliphatic hydroxyl groups is 1. The van der Waals surface area contributed by atoms with Crippen molar-refractivity contribution in [1.82, 2.24) is 5.32 Å². The molecule has 22 heavy (non-hydrogen) atoms. The van der Waals surface area contributed by atoms with Gasteiger partial charge in [0.05, 0.1) is 18.2 Å². The van der Waals surface area contributed by atoms with Crippen LogP contribution in [0.2, 0.25) is 0 Å². The van der Waals surface area contributed by atoms with Gasteiger partial charge < -0.3 is 15.5 Å². The first-order valence-electron chi connectivity index (χ1n) is 6.94. The molecule has 3 N–H and O–H groups in total. The van der Waals surface area contributed by atoms with E-state index < -0.39 is 5.97 Å². The zero-order valence-corrected chi connectivity index (χ0v) is 13.8. The van der Waals surface area contributed by atoms with E-state index in [0.29, 0.717) is 6.54 Å². The Balaban J connectivity index is 2.07. The maximum atomic E-state index is 10.9. The molecule has 0 fully saturated rings. The minimum absolute atomic E-state index is 0.00606. The smallest absolute Gasteiger partial charge is 0.335 e. The summed E-state index contributed by atoms with van der Waals surface area (Å²) in [5, 5.41) is 21.8. The van der Waals surface area contributed by atoms with Gasteiger partial charge in [-0.05, 0) is 30.2 Å². The van der Waals surface area contributed by atoms with Crippen LogP contribution >= 0.6 is 15.9 Å². The van der Waals surface area contributed by atoms with Crippen LogP contribution < -0.4 is 5.32 Å². The Morgan fingerprint density at radius 1 is 1.23 bits per heavy atom. The number of aromatic carboxylic acids is 1. The Kier molecular flexibility index (Phi) is 5.71. The van der Waals surface area contributed by atoms with Crippen molar-refractivity contribution < 1.29 is 15.0 Å². The Morgan fingerprint density at radius 2 is 1.91 bits per heavy atom. The van der Waals surface area contributed by atoms with Crippen molar-refractivity contribution in [3.05, 3.63) is 69.2 Å². The van der Waals surface area contributed by atoms with E-state index in [0.717, 1.165) is 15.6 Å². The molecule has 1 unspecified atom stereocenters. The van der Waals surface area contributed by atoms with Gasteiger partial charge >= 0.3 is 5.97 Å².